The van der Waals surface area contributed by atoms with Crippen molar-refractivity contribution in [2.45, 2.75) is 18.6 Å². The number of nitrogens with zero attached hydrogens (tertiary/aromatic N) is 3. The second-order valence-electron chi connectivity index (χ2n) is 8.31. The van der Waals surface area contributed by atoms with Gasteiger partial charge in [-0.3, -0.25) is 19.2 Å². The van der Waals surface area contributed by atoms with Gasteiger partial charge in [0.1, 0.15) is 6.04 Å². The van der Waals surface area contributed by atoms with Gasteiger partial charge >= 0.3 is 12.1 Å². The number of aromatic nitrogens is 3. The van der Waals surface area contributed by atoms with Crippen LogP contribution in [-0.4, -0.2) is 45.5 Å². The molecule has 0 saturated heterocycles. The molecule has 0 aliphatic rings. The zero-order chi connectivity index (χ0) is 28.0. The summed E-state index contributed by atoms with van der Waals surface area (Å²) in [5, 5.41) is 6.89. The number of pyridine rings is 1. The fourth-order valence-electron chi connectivity index (χ4n) is 3.80. The van der Waals surface area contributed by atoms with Crippen molar-refractivity contribution in [1.82, 2.24) is 25.6 Å². The first-order valence-corrected chi connectivity index (χ1v) is 11.6. The largest absolute Gasteiger partial charge is 0.416 e. The first-order valence-electron chi connectivity index (χ1n) is 11.6. The minimum Gasteiger partial charge on any atom is -0.341 e. The molecule has 0 fully saturated rings. The summed E-state index contributed by atoms with van der Waals surface area (Å²) in [6, 6.07) is 16.7. The van der Waals surface area contributed by atoms with E-state index in [-0.39, 0.29) is 29.1 Å². The molecule has 4 rings (SSSR count). The summed E-state index contributed by atoms with van der Waals surface area (Å²) in [4.78, 5) is 47.0. The zero-order valence-electron chi connectivity index (χ0n) is 20.5. The highest BCUT2D eigenvalue weighted by molar-refractivity contribution is 6.38. The van der Waals surface area contributed by atoms with Crippen LogP contribution in [0.3, 0.4) is 0 Å². The number of amides is 2. The van der Waals surface area contributed by atoms with Crippen LogP contribution in [0, 0.1) is 0 Å². The van der Waals surface area contributed by atoms with Crippen LogP contribution in [0.5, 0.6) is 0 Å². The van der Waals surface area contributed by atoms with Gasteiger partial charge in [-0.2, -0.15) is 18.3 Å². The van der Waals surface area contributed by atoms with Crippen molar-refractivity contribution in [1.29, 1.82) is 0 Å². The molecule has 4 aromatic rings. The number of benzene rings is 2. The van der Waals surface area contributed by atoms with E-state index in [1.807, 2.05) is 5.48 Å². The lowest BCUT2D eigenvalue weighted by Gasteiger charge is -2.18. The first-order chi connectivity index (χ1) is 18.7. The number of carbonyl (C=O) groups is 3. The molecule has 2 amide bonds. The van der Waals surface area contributed by atoms with Gasteiger partial charge < -0.3 is 5.32 Å². The maximum Gasteiger partial charge on any atom is 0.416 e. The molecule has 0 radical (unpaired) electrons. The Labute approximate surface area is 220 Å². The molecule has 200 valence electrons. The SMILES string of the molecule is CONC(=O)C(=O)[C@H](Cc1ccccc1)NC(=O)c1cccnc1-n1ccc(-c2cccc(C(F)(F)F)c2)n1. The van der Waals surface area contributed by atoms with E-state index in [1.54, 1.807) is 30.3 Å². The van der Waals surface area contributed by atoms with Gasteiger partial charge in [0.15, 0.2) is 5.82 Å². The van der Waals surface area contributed by atoms with Crippen LogP contribution < -0.4 is 10.8 Å². The summed E-state index contributed by atoms with van der Waals surface area (Å²) in [5.41, 5.74) is 2.31. The molecule has 39 heavy (non-hydrogen) atoms. The zero-order valence-corrected chi connectivity index (χ0v) is 20.5. The third-order valence-corrected chi connectivity index (χ3v) is 5.65. The van der Waals surface area contributed by atoms with Crippen LogP contribution >= 0.6 is 0 Å². The minimum absolute atomic E-state index is 0.0224. The Kier molecular flexibility index (Phi) is 8.15. The van der Waals surface area contributed by atoms with E-state index in [1.165, 1.54) is 54.5 Å². The van der Waals surface area contributed by atoms with E-state index in [9.17, 15) is 27.6 Å². The monoisotopic (exact) mass is 537 g/mol. The van der Waals surface area contributed by atoms with Crippen LogP contribution in [-0.2, 0) is 27.0 Å². The van der Waals surface area contributed by atoms with Gasteiger partial charge in [0.05, 0.1) is 23.9 Å². The van der Waals surface area contributed by atoms with E-state index in [0.717, 1.165) is 12.1 Å². The molecule has 9 nitrogen and oxygen atoms in total. The normalized spacial score (nSPS) is 12.0. The number of rotatable bonds is 9. The number of hydrogen-bond donors (Lipinski definition) is 2. The number of hydrogen-bond acceptors (Lipinski definition) is 6. The lowest BCUT2D eigenvalue weighted by Crippen LogP contribution is -2.48. The number of ketones is 1. The second-order valence-corrected chi connectivity index (χ2v) is 8.31. The third-order valence-electron chi connectivity index (χ3n) is 5.65. The Hall–Kier alpha value is -4.84. The molecule has 0 bridgehead atoms. The predicted octanol–water partition coefficient (Wildman–Crippen LogP) is 3.54. The maximum absolute atomic E-state index is 13.3. The van der Waals surface area contributed by atoms with Crippen molar-refractivity contribution in [3.63, 3.8) is 0 Å². The van der Waals surface area contributed by atoms with Gasteiger partial charge in [-0.25, -0.2) is 15.1 Å². The van der Waals surface area contributed by atoms with Crippen molar-refractivity contribution < 1.29 is 32.4 Å². The average molecular weight is 537 g/mol. The molecule has 0 aliphatic carbocycles. The van der Waals surface area contributed by atoms with Gasteiger partial charge in [-0.05, 0) is 35.9 Å². The number of alkyl halides is 3. The first kappa shape index (κ1) is 27.2. The van der Waals surface area contributed by atoms with Crippen LogP contribution in [0.2, 0.25) is 0 Å². The number of carbonyl (C=O) groups excluding carboxylic acids is 3. The summed E-state index contributed by atoms with van der Waals surface area (Å²) in [5.74, 6) is -2.61. The molecule has 0 spiro atoms. The highest BCUT2D eigenvalue weighted by atomic mass is 19.4. The minimum atomic E-state index is -4.52. The maximum atomic E-state index is 13.3. The summed E-state index contributed by atoms with van der Waals surface area (Å²) in [7, 11) is 1.18. The number of hydroxylamine groups is 1. The van der Waals surface area contributed by atoms with E-state index in [4.69, 9.17) is 0 Å². The van der Waals surface area contributed by atoms with Gasteiger partial charge in [-0.15, -0.1) is 0 Å². The summed E-state index contributed by atoms with van der Waals surface area (Å²) in [6.07, 6.45) is -1.62. The number of nitrogens with one attached hydrogen (secondary N) is 2. The van der Waals surface area contributed by atoms with Crippen LogP contribution in [0.15, 0.2) is 85.2 Å². The Morgan fingerprint density at radius 1 is 1.00 bits per heavy atom. The Bertz CT molecular complexity index is 1490. The summed E-state index contributed by atoms with van der Waals surface area (Å²) in [6.45, 7) is 0. The van der Waals surface area contributed by atoms with E-state index in [2.05, 4.69) is 20.2 Å². The highest BCUT2D eigenvalue weighted by Gasteiger charge is 2.31. The molecular formula is C27H22F3N5O4. The fourth-order valence-corrected chi connectivity index (χ4v) is 3.80. The smallest absolute Gasteiger partial charge is 0.341 e. The molecule has 1 atom stereocenters. The highest BCUT2D eigenvalue weighted by Crippen LogP contribution is 2.32. The van der Waals surface area contributed by atoms with Crippen molar-refractivity contribution >= 4 is 17.6 Å². The molecule has 2 aromatic heterocycles. The van der Waals surface area contributed by atoms with Gasteiger partial charge in [0.2, 0.25) is 5.78 Å². The van der Waals surface area contributed by atoms with Crippen LogP contribution in [0.4, 0.5) is 13.2 Å². The molecule has 2 aromatic carbocycles. The fraction of sp³-hybridized carbons (Fsp3) is 0.148. The molecule has 0 aliphatic heterocycles. The number of Topliss-reactive ketones (excluding diaryl/α,β-unsaturated/α-hetero) is 1. The quantitative estimate of drug-likeness (QED) is 0.249. The molecule has 0 saturated carbocycles. The Balaban J connectivity index is 1.62. The van der Waals surface area contributed by atoms with Crippen LogP contribution in [0.1, 0.15) is 21.5 Å². The van der Waals surface area contributed by atoms with Crippen LogP contribution in [0.25, 0.3) is 17.1 Å². The average Bonchev–Trinajstić information content (AvgIpc) is 3.43. The Morgan fingerprint density at radius 3 is 2.49 bits per heavy atom. The van der Waals surface area contributed by atoms with Gasteiger partial charge in [0.25, 0.3) is 5.91 Å². The van der Waals surface area contributed by atoms with Crippen molar-refractivity contribution in [3.8, 4) is 17.1 Å². The molecule has 2 heterocycles. The Morgan fingerprint density at radius 2 is 1.77 bits per heavy atom. The molecule has 12 heteroatoms. The van der Waals surface area contributed by atoms with Crippen molar-refractivity contribution in [3.05, 3.63) is 102 Å². The molecule has 2 N–H and O–H groups in total. The lowest BCUT2D eigenvalue weighted by molar-refractivity contribution is -0.145. The van der Waals surface area contributed by atoms with E-state index >= 15 is 0 Å². The van der Waals surface area contributed by atoms with E-state index < -0.39 is 35.4 Å². The number of halogens is 3. The summed E-state index contributed by atoms with van der Waals surface area (Å²) < 4.78 is 40.7. The van der Waals surface area contributed by atoms with Crippen molar-refractivity contribution in [2.75, 3.05) is 7.11 Å². The lowest BCUT2D eigenvalue weighted by atomic mass is 10.0. The van der Waals surface area contributed by atoms with Crippen molar-refractivity contribution in [2.24, 2.45) is 0 Å². The predicted molar refractivity (Wildman–Crippen MR) is 133 cm³/mol. The van der Waals surface area contributed by atoms with Gasteiger partial charge in [-0.1, -0.05) is 42.5 Å². The van der Waals surface area contributed by atoms with Gasteiger partial charge in [0, 0.05) is 24.4 Å². The topological polar surface area (TPSA) is 115 Å². The second kappa shape index (κ2) is 11.7. The molecular weight excluding hydrogens is 515 g/mol. The summed E-state index contributed by atoms with van der Waals surface area (Å²) >= 11 is 0. The third kappa shape index (κ3) is 6.54. The van der Waals surface area contributed by atoms with E-state index in [0.29, 0.717) is 5.56 Å². The molecule has 0 unspecified atom stereocenters. The standard InChI is InChI=1S/C27H22F3N5O4/c1-39-34-26(38)23(36)22(15-17-7-3-2-4-8-17)32-25(37)20-11-6-13-31-24(20)35-14-12-21(33-35)18-9-5-10-19(16-18)27(28,29)30/h2-14,16,22H,15H2,1H3,(H,32,37)(H,34,38)/t22-/m0/s1.